The zero-order chi connectivity index (χ0) is 10.6. The molecule has 1 aromatic rings. The third-order valence-electron chi connectivity index (χ3n) is 1.89. The van der Waals surface area contributed by atoms with Crippen molar-refractivity contribution < 1.29 is 0 Å². The Morgan fingerprint density at radius 1 is 1.64 bits per heavy atom. The van der Waals surface area contributed by atoms with Crippen molar-refractivity contribution in [2.75, 3.05) is 11.1 Å². The van der Waals surface area contributed by atoms with Gasteiger partial charge < -0.3 is 11.1 Å². The quantitative estimate of drug-likeness (QED) is 0.755. The van der Waals surface area contributed by atoms with Crippen molar-refractivity contribution in [1.82, 2.24) is 9.97 Å². The largest absolute Gasteiger partial charge is 0.394 e. The van der Waals surface area contributed by atoms with Crippen LogP contribution < -0.4 is 11.1 Å². The molecule has 0 aliphatic carbocycles. The summed E-state index contributed by atoms with van der Waals surface area (Å²) in [5.74, 6) is 0.617. The number of rotatable bonds is 4. The number of aromatic nitrogens is 2. The van der Waals surface area contributed by atoms with E-state index in [1.807, 2.05) is 0 Å². The van der Waals surface area contributed by atoms with Crippen molar-refractivity contribution in [3.05, 3.63) is 11.5 Å². The van der Waals surface area contributed by atoms with E-state index in [0.717, 1.165) is 12.8 Å². The Balaban J connectivity index is 2.70. The van der Waals surface area contributed by atoms with E-state index < -0.39 is 0 Å². The first-order chi connectivity index (χ1) is 6.63. The molecule has 1 rings (SSSR count). The highest BCUT2D eigenvalue weighted by molar-refractivity contribution is 6.28. The Morgan fingerprint density at radius 3 is 3.00 bits per heavy atom. The van der Waals surface area contributed by atoms with Gasteiger partial charge in [-0.15, -0.1) is 0 Å². The lowest BCUT2D eigenvalue weighted by Gasteiger charge is -2.14. The standard InChI is InChI=1S/C9H15ClN4/c1-3-4-6(2)13-8-7(11)5-12-9(10)14-8/h5-6H,3-4,11H2,1-2H3,(H,12,13,14). The minimum Gasteiger partial charge on any atom is -0.394 e. The molecule has 1 aromatic heterocycles. The van der Waals surface area contributed by atoms with Gasteiger partial charge in [0.1, 0.15) is 0 Å². The van der Waals surface area contributed by atoms with E-state index >= 15 is 0 Å². The van der Waals surface area contributed by atoms with E-state index in [4.69, 9.17) is 17.3 Å². The summed E-state index contributed by atoms with van der Waals surface area (Å²) in [6, 6.07) is 0.341. The van der Waals surface area contributed by atoms with Crippen LogP contribution in [-0.4, -0.2) is 16.0 Å². The van der Waals surface area contributed by atoms with Crippen LogP contribution in [0.1, 0.15) is 26.7 Å². The summed E-state index contributed by atoms with van der Waals surface area (Å²) in [6.07, 6.45) is 3.70. The van der Waals surface area contributed by atoms with Crippen LogP contribution in [0.3, 0.4) is 0 Å². The predicted octanol–water partition coefficient (Wildman–Crippen LogP) is 2.31. The molecule has 0 aliphatic heterocycles. The number of hydrogen-bond acceptors (Lipinski definition) is 4. The number of anilines is 2. The second-order valence-corrected chi connectivity index (χ2v) is 3.62. The Morgan fingerprint density at radius 2 is 2.36 bits per heavy atom. The van der Waals surface area contributed by atoms with Gasteiger partial charge in [-0.25, -0.2) is 4.98 Å². The topological polar surface area (TPSA) is 63.8 Å². The lowest BCUT2D eigenvalue weighted by molar-refractivity contribution is 0.687. The molecule has 5 heteroatoms. The van der Waals surface area contributed by atoms with Crippen LogP contribution in [0.15, 0.2) is 6.20 Å². The maximum absolute atomic E-state index is 5.69. The van der Waals surface area contributed by atoms with Crippen LogP contribution in [0.4, 0.5) is 11.5 Å². The molecule has 1 heterocycles. The first kappa shape index (κ1) is 11.0. The van der Waals surface area contributed by atoms with Crippen LogP contribution >= 0.6 is 11.6 Å². The number of halogens is 1. The van der Waals surface area contributed by atoms with E-state index in [1.165, 1.54) is 6.20 Å². The summed E-state index contributed by atoms with van der Waals surface area (Å²) in [7, 11) is 0. The van der Waals surface area contributed by atoms with Gasteiger partial charge in [0.15, 0.2) is 5.82 Å². The monoisotopic (exact) mass is 214 g/mol. The number of nitrogens with one attached hydrogen (secondary N) is 1. The molecule has 14 heavy (non-hydrogen) atoms. The molecule has 4 nitrogen and oxygen atoms in total. The van der Waals surface area contributed by atoms with Crippen molar-refractivity contribution in [2.45, 2.75) is 32.7 Å². The minimum absolute atomic E-state index is 0.213. The summed E-state index contributed by atoms with van der Waals surface area (Å²) in [5.41, 5.74) is 6.21. The highest BCUT2D eigenvalue weighted by Gasteiger charge is 2.06. The molecule has 78 valence electrons. The number of nitrogens with zero attached hydrogens (tertiary/aromatic N) is 2. The van der Waals surface area contributed by atoms with Crippen LogP contribution in [-0.2, 0) is 0 Å². The molecule has 0 radical (unpaired) electrons. The van der Waals surface area contributed by atoms with E-state index in [2.05, 4.69) is 29.1 Å². The highest BCUT2D eigenvalue weighted by atomic mass is 35.5. The second kappa shape index (κ2) is 5.00. The molecule has 0 amide bonds. The Hall–Kier alpha value is -1.03. The number of hydrogen-bond donors (Lipinski definition) is 2. The molecule has 0 fully saturated rings. The molecule has 0 saturated carbocycles. The van der Waals surface area contributed by atoms with E-state index in [0.29, 0.717) is 17.5 Å². The highest BCUT2D eigenvalue weighted by Crippen LogP contribution is 2.17. The second-order valence-electron chi connectivity index (χ2n) is 3.28. The summed E-state index contributed by atoms with van der Waals surface area (Å²) in [5, 5.41) is 3.40. The minimum atomic E-state index is 0.213. The third kappa shape index (κ3) is 3.03. The maximum atomic E-state index is 5.69. The summed E-state index contributed by atoms with van der Waals surface area (Å²) in [4.78, 5) is 7.80. The van der Waals surface area contributed by atoms with Gasteiger partial charge in [0, 0.05) is 6.04 Å². The van der Waals surface area contributed by atoms with Crippen molar-refractivity contribution >= 4 is 23.1 Å². The molecule has 3 N–H and O–H groups in total. The third-order valence-corrected chi connectivity index (χ3v) is 2.07. The van der Waals surface area contributed by atoms with Gasteiger partial charge in [0.25, 0.3) is 0 Å². The van der Waals surface area contributed by atoms with Crippen LogP contribution in [0.25, 0.3) is 0 Å². The molecule has 0 saturated heterocycles. The number of nitrogens with two attached hydrogens (primary N) is 1. The van der Waals surface area contributed by atoms with Gasteiger partial charge in [-0.3, -0.25) is 0 Å². The molecule has 1 unspecified atom stereocenters. The normalized spacial score (nSPS) is 12.5. The summed E-state index contributed by atoms with van der Waals surface area (Å²) >= 11 is 5.66. The van der Waals surface area contributed by atoms with Crippen molar-refractivity contribution in [2.24, 2.45) is 0 Å². The van der Waals surface area contributed by atoms with E-state index in [9.17, 15) is 0 Å². The SMILES string of the molecule is CCCC(C)Nc1nc(Cl)ncc1N. The molecular formula is C9H15ClN4. The van der Waals surface area contributed by atoms with Crippen molar-refractivity contribution in [1.29, 1.82) is 0 Å². The fourth-order valence-electron chi connectivity index (χ4n) is 1.22. The molecule has 1 atom stereocenters. The van der Waals surface area contributed by atoms with Crippen molar-refractivity contribution in [3.8, 4) is 0 Å². The van der Waals surface area contributed by atoms with E-state index in [-0.39, 0.29) is 5.28 Å². The molecule has 0 aromatic carbocycles. The molecule has 0 aliphatic rings. The van der Waals surface area contributed by atoms with Gasteiger partial charge in [0.05, 0.1) is 11.9 Å². The lowest BCUT2D eigenvalue weighted by Crippen LogP contribution is -2.17. The van der Waals surface area contributed by atoms with Crippen molar-refractivity contribution in [3.63, 3.8) is 0 Å². The van der Waals surface area contributed by atoms with Gasteiger partial charge in [-0.05, 0) is 24.9 Å². The molecule has 0 spiro atoms. The zero-order valence-corrected chi connectivity index (χ0v) is 9.17. The Bertz CT molecular complexity index is 303. The zero-order valence-electron chi connectivity index (χ0n) is 8.42. The number of nitrogen functional groups attached to an aromatic ring is 1. The van der Waals surface area contributed by atoms with Gasteiger partial charge in [-0.2, -0.15) is 4.98 Å². The maximum Gasteiger partial charge on any atom is 0.224 e. The first-order valence-corrected chi connectivity index (χ1v) is 5.05. The molecular weight excluding hydrogens is 200 g/mol. The average molecular weight is 215 g/mol. The smallest absolute Gasteiger partial charge is 0.224 e. The fourth-order valence-corrected chi connectivity index (χ4v) is 1.36. The lowest BCUT2D eigenvalue weighted by atomic mass is 10.2. The average Bonchev–Trinajstić information content (AvgIpc) is 2.12. The van der Waals surface area contributed by atoms with Crippen LogP contribution in [0.2, 0.25) is 5.28 Å². The fraction of sp³-hybridized carbons (Fsp3) is 0.556. The van der Waals surface area contributed by atoms with Crippen LogP contribution in [0, 0.1) is 0 Å². The van der Waals surface area contributed by atoms with E-state index in [1.54, 1.807) is 0 Å². The summed E-state index contributed by atoms with van der Waals surface area (Å²) in [6.45, 7) is 4.22. The predicted molar refractivity (Wildman–Crippen MR) is 59.4 cm³/mol. The Kier molecular flexibility index (Phi) is 3.95. The Labute approximate surface area is 88.9 Å². The summed E-state index contributed by atoms with van der Waals surface area (Å²) < 4.78 is 0. The van der Waals surface area contributed by atoms with Gasteiger partial charge in [-0.1, -0.05) is 13.3 Å². The van der Waals surface area contributed by atoms with Crippen LogP contribution in [0.5, 0.6) is 0 Å². The van der Waals surface area contributed by atoms with Gasteiger partial charge in [0.2, 0.25) is 5.28 Å². The molecule has 0 bridgehead atoms. The van der Waals surface area contributed by atoms with Gasteiger partial charge >= 0.3 is 0 Å². The first-order valence-electron chi connectivity index (χ1n) is 4.68.